The molecule has 0 saturated heterocycles. The molecular weight excluding hydrogens is 304 g/mol. The van der Waals surface area contributed by atoms with E-state index in [2.05, 4.69) is 10.6 Å². The summed E-state index contributed by atoms with van der Waals surface area (Å²) in [5.41, 5.74) is 2.06. The van der Waals surface area contributed by atoms with Gasteiger partial charge in [0, 0.05) is 5.70 Å². The fourth-order valence-electron chi connectivity index (χ4n) is 2.02. The molecule has 0 amide bonds. The van der Waals surface area contributed by atoms with Crippen LogP contribution in [0.1, 0.15) is 12.5 Å². The second-order valence-electron chi connectivity index (χ2n) is 4.68. The monoisotopic (exact) mass is 322 g/mol. The molecule has 0 unspecified atom stereocenters. The van der Waals surface area contributed by atoms with Gasteiger partial charge in [0.1, 0.15) is 6.61 Å². The van der Waals surface area contributed by atoms with E-state index in [0.29, 0.717) is 34.4 Å². The number of hydrogen-bond donors (Lipinski definition) is 2. The van der Waals surface area contributed by atoms with E-state index in [1.54, 1.807) is 33.3 Å². The molecule has 0 aliphatic carbocycles. The van der Waals surface area contributed by atoms with E-state index < -0.39 is 0 Å². The first-order chi connectivity index (χ1) is 10.5. The molecule has 1 aromatic rings. The molecule has 0 saturated carbocycles. The molecule has 1 aliphatic heterocycles. The van der Waals surface area contributed by atoms with Crippen LogP contribution < -0.4 is 20.1 Å². The minimum atomic E-state index is -0.380. The van der Waals surface area contributed by atoms with Gasteiger partial charge in [-0.2, -0.15) is 0 Å². The van der Waals surface area contributed by atoms with E-state index in [1.807, 2.05) is 6.07 Å². The summed E-state index contributed by atoms with van der Waals surface area (Å²) >= 11 is 4.98. The average molecular weight is 322 g/mol. The maximum absolute atomic E-state index is 12.1. The number of nitrogens with one attached hydrogen (secondary N) is 2. The Bertz CT molecular complexity index is 628. The minimum absolute atomic E-state index is 0.153. The number of allylic oxidation sites excluding steroid dienone is 1. The summed E-state index contributed by atoms with van der Waals surface area (Å²) in [4.78, 5) is 12.1. The van der Waals surface area contributed by atoms with E-state index in [1.165, 1.54) is 0 Å². The molecule has 0 radical (unpaired) electrons. The van der Waals surface area contributed by atoms with Crippen molar-refractivity contribution in [3.8, 4) is 11.5 Å². The fraction of sp³-hybridized carbons (Fsp3) is 0.333. The number of methoxy groups -OCH3 is 2. The lowest BCUT2D eigenvalue weighted by molar-refractivity contribution is -0.140. The molecule has 0 fully saturated rings. The molecule has 0 aromatic heterocycles. The van der Waals surface area contributed by atoms with Gasteiger partial charge in [0.05, 0.1) is 26.3 Å². The van der Waals surface area contributed by atoms with Gasteiger partial charge < -0.3 is 24.8 Å². The van der Waals surface area contributed by atoms with Crippen molar-refractivity contribution in [3.05, 3.63) is 35.0 Å². The number of esters is 1. The maximum Gasteiger partial charge on any atom is 0.337 e. The predicted octanol–water partition coefficient (Wildman–Crippen LogP) is 1.50. The SMILES string of the molecule is COc1ccc(COC(=O)C2=C(C)NC(=S)NC2)cc1OC. The molecule has 22 heavy (non-hydrogen) atoms. The van der Waals surface area contributed by atoms with E-state index in [9.17, 15) is 4.79 Å². The number of hydrogen-bond acceptors (Lipinski definition) is 5. The van der Waals surface area contributed by atoms with Gasteiger partial charge >= 0.3 is 5.97 Å². The van der Waals surface area contributed by atoms with E-state index >= 15 is 0 Å². The zero-order valence-electron chi connectivity index (χ0n) is 12.7. The van der Waals surface area contributed by atoms with Crippen molar-refractivity contribution in [3.63, 3.8) is 0 Å². The molecule has 1 heterocycles. The summed E-state index contributed by atoms with van der Waals surface area (Å²) in [5.74, 6) is 0.845. The third-order valence-electron chi connectivity index (χ3n) is 3.24. The Morgan fingerprint density at radius 3 is 2.64 bits per heavy atom. The van der Waals surface area contributed by atoms with Crippen LogP contribution in [0, 0.1) is 0 Å². The molecule has 0 spiro atoms. The summed E-state index contributed by atoms with van der Waals surface area (Å²) < 4.78 is 15.7. The largest absolute Gasteiger partial charge is 0.493 e. The number of rotatable bonds is 5. The van der Waals surface area contributed by atoms with Crippen LogP contribution in [-0.4, -0.2) is 31.8 Å². The highest BCUT2D eigenvalue weighted by atomic mass is 32.1. The first kappa shape index (κ1) is 16.1. The molecule has 1 aromatic carbocycles. The van der Waals surface area contributed by atoms with Crippen molar-refractivity contribution in [2.24, 2.45) is 0 Å². The number of ether oxygens (including phenoxy) is 3. The van der Waals surface area contributed by atoms with Crippen LogP contribution in [0.25, 0.3) is 0 Å². The Labute approximate surface area is 134 Å². The molecule has 2 N–H and O–H groups in total. The lowest BCUT2D eigenvalue weighted by Gasteiger charge is -2.21. The normalized spacial score (nSPS) is 14.0. The predicted molar refractivity (Wildman–Crippen MR) is 85.8 cm³/mol. The van der Waals surface area contributed by atoms with Crippen molar-refractivity contribution < 1.29 is 19.0 Å². The molecule has 118 valence electrons. The highest BCUT2D eigenvalue weighted by molar-refractivity contribution is 7.80. The Morgan fingerprint density at radius 1 is 1.27 bits per heavy atom. The number of carbonyl (C=O) groups excluding carboxylic acids is 1. The smallest absolute Gasteiger partial charge is 0.337 e. The van der Waals surface area contributed by atoms with E-state index in [4.69, 9.17) is 26.4 Å². The number of thiocarbonyl (C=S) groups is 1. The lowest BCUT2D eigenvalue weighted by atomic mass is 10.2. The van der Waals surface area contributed by atoms with Crippen molar-refractivity contribution in [2.75, 3.05) is 20.8 Å². The topological polar surface area (TPSA) is 68.8 Å². The molecule has 2 rings (SSSR count). The van der Waals surface area contributed by atoms with E-state index in [-0.39, 0.29) is 12.6 Å². The molecule has 0 atom stereocenters. The fourth-order valence-corrected chi connectivity index (χ4v) is 2.25. The highest BCUT2D eigenvalue weighted by Gasteiger charge is 2.19. The Hall–Kier alpha value is -2.28. The second-order valence-corrected chi connectivity index (χ2v) is 5.08. The first-order valence-electron chi connectivity index (χ1n) is 6.67. The third kappa shape index (κ3) is 3.67. The van der Waals surface area contributed by atoms with Crippen LogP contribution in [0.15, 0.2) is 29.5 Å². The van der Waals surface area contributed by atoms with Crippen molar-refractivity contribution in [1.82, 2.24) is 10.6 Å². The zero-order valence-corrected chi connectivity index (χ0v) is 13.5. The third-order valence-corrected chi connectivity index (χ3v) is 3.49. The second kappa shape index (κ2) is 7.13. The summed E-state index contributed by atoms with van der Waals surface area (Å²) in [6.45, 7) is 2.31. The van der Waals surface area contributed by atoms with Gasteiger partial charge in [0.2, 0.25) is 0 Å². The average Bonchev–Trinajstić information content (AvgIpc) is 2.52. The zero-order chi connectivity index (χ0) is 16.1. The molecule has 1 aliphatic rings. The number of carbonyl (C=O) groups is 1. The van der Waals surface area contributed by atoms with Gasteiger partial charge in [-0.25, -0.2) is 4.79 Å². The quantitative estimate of drug-likeness (QED) is 0.629. The van der Waals surface area contributed by atoms with Crippen molar-refractivity contribution in [2.45, 2.75) is 13.5 Å². The Morgan fingerprint density at radius 2 is 2.00 bits per heavy atom. The number of benzene rings is 1. The van der Waals surface area contributed by atoms with Crippen LogP contribution in [0.3, 0.4) is 0 Å². The van der Waals surface area contributed by atoms with Crippen LogP contribution in [-0.2, 0) is 16.1 Å². The lowest BCUT2D eigenvalue weighted by Crippen LogP contribution is -2.42. The molecular formula is C15H18N2O4S. The van der Waals surface area contributed by atoms with Crippen LogP contribution in [0.5, 0.6) is 11.5 Å². The van der Waals surface area contributed by atoms with E-state index in [0.717, 1.165) is 5.56 Å². The molecule has 7 heteroatoms. The van der Waals surface area contributed by atoms with Crippen molar-refractivity contribution >= 4 is 23.3 Å². The van der Waals surface area contributed by atoms with Gasteiger partial charge in [-0.15, -0.1) is 0 Å². The maximum atomic E-state index is 12.1. The van der Waals surface area contributed by atoms with Gasteiger partial charge in [-0.1, -0.05) is 6.07 Å². The minimum Gasteiger partial charge on any atom is -0.493 e. The standard InChI is InChI=1S/C15H18N2O4S/c1-9-11(7-16-15(22)17-9)14(18)21-8-10-4-5-12(19-2)13(6-10)20-3/h4-6H,7-8H2,1-3H3,(H2,16,17,22). The molecule has 6 nitrogen and oxygen atoms in total. The molecule has 0 bridgehead atoms. The first-order valence-corrected chi connectivity index (χ1v) is 7.08. The van der Waals surface area contributed by atoms with Gasteiger partial charge in [-0.05, 0) is 36.8 Å². The van der Waals surface area contributed by atoms with Gasteiger partial charge in [-0.3, -0.25) is 0 Å². The van der Waals surface area contributed by atoms with Gasteiger partial charge in [0.25, 0.3) is 0 Å². The van der Waals surface area contributed by atoms with Crippen LogP contribution in [0.2, 0.25) is 0 Å². The summed E-state index contributed by atoms with van der Waals surface area (Å²) in [5, 5.41) is 6.31. The Kier molecular flexibility index (Phi) is 5.21. The summed E-state index contributed by atoms with van der Waals surface area (Å²) in [6, 6.07) is 5.37. The van der Waals surface area contributed by atoms with Gasteiger partial charge in [0.15, 0.2) is 16.6 Å². The van der Waals surface area contributed by atoms with Crippen LogP contribution in [0.4, 0.5) is 0 Å². The highest BCUT2D eigenvalue weighted by Crippen LogP contribution is 2.27. The van der Waals surface area contributed by atoms with Crippen molar-refractivity contribution in [1.29, 1.82) is 0 Å². The van der Waals surface area contributed by atoms with Crippen LogP contribution >= 0.6 is 12.2 Å². The summed E-state index contributed by atoms with van der Waals surface area (Å²) in [6.07, 6.45) is 0. The summed E-state index contributed by atoms with van der Waals surface area (Å²) in [7, 11) is 3.13. The Balaban J connectivity index is 2.02.